The molecule has 0 spiro atoms. The standard InChI is InChI=1S/C19H36BNO3Si/c1-15(22)19(5,6)24-20-16-9-11-17(12-10-16)21-13-14-23-25(7,8)18(2,3)4/h9-12,15,20-22H,13-14H2,1-8H3. The van der Waals surface area contributed by atoms with Crippen LogP contribution in [0.2, 0.25) is 18.1 Å². The van der Waals surface area contributed by atoms with Gasteiger partial charge in [-0.25, -0.2) is 0 Å². The van der Waals surface area contributed by atoms with Gasteiger partial charge in [0, 0.05) is 12.2 Å². The molecule has 0 heterocycles. The molecule has 2 N–H and O–H groups in total. The van der Waals surface area contributed by atoms with Crippen molar-refractivity contribution in [1.29, 1.82) is 0 Å². The molecule has 0 saturated heterocycles. The van der Waals surface area contributed by atoms with Crippen LogP contribution in [0.15, 0.2) is 24.3 Å². The molecule has 4 nitrogen and oxygen atoms in total. The van der Waals surface area contributed by atoms with Crippen LogP contribution in [0.25, 0.3) is 0 Å². The van der Waals surface area contributed by atoms with Gasteiger partial charge in [-0.3, -0.25) is 0 Å². The van der Waals surface area contributed by atoms with Gasteiger partial charge in [-0.1, -0.05) is 38.4 Å². The Morgan fingerprint density at radius 3 is 2.16 bits per heavy atom. The van der Waals surface area contributed by atoms with E-state index in [2.05, 4.69) is 63.4 Å². The highest BCUT2D eigenvalue weighted by molar-refractivity contribution is 6.74. The molecular formula is C19H36BNO3Si. The van der Waals surface area contributed by atoms with Crippen molar-refractivity contribution in [3.63, 3.8) is 0 Å². The summed E-state index contributed by atoms with van der Waals surface area (Å²) in [5.41, 5.74) is 1.63. The van der Waals surface area contributed by atoms with Crippen molar-refractivity contribution in [2.24, 2.45) is 0 Å². The molecule has 0 amide bonds. The van der Waals surface area contributed by atoms with Crippen molar-refractivity contribution < 1.29 is 14.2 Å². The van der Waals surface area contributed by atoms with Gasteiger partial charge >= 0.3 is 7.48 Å². The Labute approximate surface area is 155 Å². The summed E-state index contributed by atoms with van der Waals surface area (Å²) >= 11 is 0. The minimum atomic E-state index is -1.67. The smallest absolute Gasteiger partial charge is 0.309 e. The van der Waals surface area contributed by atoms with Gasteiger partial charge in [-0.2, -0.15) is 0 Å². The Morgan fingerprint density at radius 2 is 1.68 bits per heavy atom. The quantitative estimate of drug-likeness (QED) is 0.521. The lowest BCUT2D eigenvalue weighted by Crippen LogP contribution is -2.41. The molecule has 0 bridgehead atoms. The van der Waals surface area contributed by atoms with Gasteiger partial charge in [-0.05, 0) is 51.0 Å². The lowest BCUT2D eigenvalue weighted by Gasteiger charge is -2.36. The maximum Gasteiger partial charge on any atom is 0.309 e. The zero-order valence-corrected chi connectivity index (χ0v) is 18.3. The van der Waals surface area contributed by atoms with Gasteiger partial charge in [0.1, 0.15) is 0 Å². The van der Waals surface area contributed by atoms with E-state index >= 15 is 0 Å². The zero-order chi connectivity index (χ0) is 19.3. The molecule has 6 heteroatoms. The summed E-state index contributed by atoms with van der Waals surface area (Å²) in [6.07, 6.45) is -0.505. The minimum Gasteiger partial charge on any atom is -0.427 e. The summed E-state index contributed by atoms with van der Waals surface area (Å²) in [6.45, 7) is 18.4. The van der Waals surface area contributed by atoms with Gasteiger partial charge < -0.3 is 19.5 Å². The predicted molar refractivity (Wildman–Crippen MR) is 112 cm³/mol. The van der Waals surface area contributed by atoms with Crippen LogP contribution >= 0.6 is 0 Å². The third kappa shape index (κ3) is 7.13. The number of aliphatic hydroxyl groups is 1. The third-order valence-electron chi connectivity index (χ3n) is 5.27. The zero-order valence-electron chi connectivity index (χ0n) is 17.3. The van der Waals surface area contributed by atoms with E-state index in [-0.39, 0.29) is 5.04 Å². The molecule has 1 aromatic rings. The Bertz CT molecular complexity index is 524. The lowest BCUT2D eigenvalue weighted by molar-refractivity contribution is -0.0146. The van der Waals surface area contributed by atoms with E-state index in [0.29, 0.717) is 7.48 Å². The molecular weight excluding hydrogens is 329 g/mol. The minimum absolute atomic E-state index is 0.245. The molecule has 0 aliphatic carbocycles. The molecule has 142 valence electrons. The Balaban J connectivity index is 2.40. The van der Waals surface area contributed by atoms with Crippen molar-refractivity contribution in [3.05, 3.63) is 24.3 Å². The second-order valence-electron chi connectivity index (χ2n) is 8.80. The molecule has 0 aliphatic rings. The first kappa shape index (κ1) is 22.2. The fourth-order valence-corrected chi connectivity index (χ4v) is 2.87. The maximum absolute atomic E-state index is 9.69. The molecule has 25 heavy (non-hydrogen) atoms. The highest BCUT2D eigenvalue weighted by Gasteiger charge is 2.36. The Kier molecular flexibility index (Phi) is 7.75. The normalized spacial score (nSPS) is 14.3. The summed E-state index contributed by atoms with van der Waals surface area (Å²) in [5.74, 6) is 0. The largest absolute Gasteiger partial charge is 0.427 e. The van der Waals surface area contributed by atoms with E-state index in [9.17, 15) is 5.11 Å². The van der Waals surface area contributed by atoms with Gasteiger partial charge in [-0.15, -0.1) is 0 Å². The number of hydrogen-bond acceptors (Lipinski definition) is 4. The van der Waals surface area contributed by atoms with Crippen molar-refractivity contribution in [2.75, 3.05) is 18.5 Å². The maximum atomic E-state index is 9.69. The second-order valence-corrected chi connectivity index (χ2v) is 13.6. The van der Waals surface area contributed by atoms with E-state index < -0.39 is 20.0 Å². The molecule has 1 unspecified atom stereocenters. The van der Waals surface area contributed by atoms with E-state index in [1.54, 1.807) is 6.92 Å². The first-order valence-corrected chi connectivity index (χ1v) is 12.0. The lowest BCUT2D eigenvalue weighted by atomic mass is 9.86. The van der Waals surface area contributed by atoms with Crippen LogP contribution in [0.4, 0.5) is 5.69 Å². The molecule has 0 aliphatic heterocycles. The highest BCUT2D eigenvalue weighted by atomic mass is 28.4. The average Bonchev–Trinajstić information content (AvgIpc) is 2.49. The number of hydrogen-bond donors (Lipinski definition) is 2. The highest BCUT2D eigenvalue weighted by Crippen LogP contribution is 2.36. The van der Waals surface area contributed by atoms with Gasteiger partial charge in [0.05, 0.1) is 18.3 Å². The van der Waals surface area contributed by atoms with Gasteiger partial charge in [0.2, 0.25) is 0 Å². The van der Waals surface area contributed by atoms with E-state index in [0.717, 1.165) is 24.3 Å². The van der Waals surface area contributed by atoms with Crippen molar-refractivity contribution >= 4 is 26.9 Å². The van der Waals surface area contributed by atoms with Gasteiger partial charge in [0.25, 0.3) is 0 Å². The molecule has 0 fully saturated rings. The number of anilines is 1. The predicted octanol–water partition coefficient (Wildman–Crippen LogP) is 3.27. The van der Waals surface area contributed by atoms with Crippen LogP contribution in [-0.2, 0) is 9.08 Å². The van der Waals surface area contributed by atoms with Crippen molar-refractivity contribution in [1.82, 2.24) is 0 Å². The fourth-order valence-electron chi connectivity index (χ4n) is 1.83. The topological polar surface area (TPSA) is 50.7 Å². The fraction of sp³-hybridized carbons (Fsp3) is 0.684. The van der Waals surface area contributed by atoms with Gasteiger partial charge in [0.15, 0.2) is 8.32 Å². The van der Waals surface area contributed by atoms with Crippen molar-refractivity contribution in [2.45, 2.75) is 71.4 Å². The number of rotatable bonds is 9. The molecule has 1 rings (SSSR count). The van der Waals surface area contributed by atoms with Crippen LogP contribution in [0.1, 0.15) is 41.5 Å². The summed E-state index contributed by atoms with van der Waals surface area (Å²) < 4.78 is 12.0. The molecule has 1 atom stereocenters. The Hall–Kier alpha value is -0.818. The number of aliphatic hydroxyl groups excluding tert-OH is 1. The monoisotopic (exact) mass is 365 g/mol. The molecule has 0 radical (unpaired) electrons. The molecule has 0 aromatic heterocycles. The third-order valence-corrected chi connectivity index (χ3v) is 9.81. The summed E-state index contributed by atoms with van der Waals surface area (Å²) in [4.78, 5) is 0. The first-order valence-electron chi connectivity index (χ1n) is 9.14. The second kappa shape index (κ2) is 8.71. The summed E-state index contributed by atoms with van der Waals surface area (Å²) in [6, 6.07) is 8.21. The van der Waals surface area contributed by atoms with E-state index in [1.807, 2.05) is 13.8 Å². The first-order chi connectivity index (χ1) is 11.3. The average molecular weight is 365 g/mol. The summed E-state index contributed by atoms with van der Waals surface area (Å²) in [5, 5.41) is 13.3. The van der Waals surface area contributed by atoms with Crippen LogP contribution in [-0.4, -0.2) is 45.8 Å². The van der Waals surface area contributed by atoms with Crippen molar-refractivity contribution in [3.8, 4) is 0 Å². The SMILES string of the molecule is CC(O)C(C)(C)OBc1ccc(NCCO[Si](C)(C)C(C)(C)C)cc1. The van der Waals surface area contributed by atoms with Crippen LogP contribution in [0.3, 0.4) is 0 Å². The Morgan fingerprint density at radius 1 is 1.12 bits per heavy atom. The van der Waals surface area contributed by atoms with Crippen LogP contribution < -0.4 is 10.8 Å². The van der Waals surface area contributed by atoms with Crippen LogP contribution in [0, 0.1) is 0 Å². The van der Waals surface area contributed by atoms with E-state index in [1.165, 1.54) is 0 Å². The number of nitrogens with one attached hydrogen (secondary N) is 1. The van der Waals surface area contributed by atoms with Crippen LogP contribution in [0.5, 0.6) is 0 Å². The molecule has 1 aromatic carbocycles. The number of benzene rings is 1. The van der Waals surface area contributed by atoms with E-state index in [4.69, 9.17) is 9.08 Å². The molecule has 0 saturated carbocycles. The summed E-state index contributed by atoms with van der Waals surface area (Å²) in [7, 11) is -1.17.